The smallest absolute Gasteiger partial charge is 0.119 e. The maximum absolute atomic E-state index is 9.01. The minimum Gasteiger partial charge on any atom is -0.494 e. The van der Waals surface area contributed by atoms with Gasteiger partial charge in [-0.25, -0.2) is 0 Å². The molecular formula is C17H21N3O. The number of aromatic nitrogens is 2. The van der Waals surface area contributed by atoms with Crippen LogP contribution in [0.15, 0.2) is 30.5 Å². The maximum Gasteiger partial charge on any atom is 0.119 e. The number of nitrogens with zero attached hydrogens (tertiary/aromatic N) is 3. The highest BCUT2D eigenvalue weighted by Gasteiger charge is 2.18. The van der Waals surface area contributed by atoms with E-state index in [1.165, 1.54) is 0 Å². The van der Waals surface area contributed by atoms with E-state index in [1.807, 2.05) is 42.1 Å². The quantitative estimate of drug-likeness (QED) is 0.858. The molecule has 2 rings (SSSR count). The molecule has 0 aliphatic rings. The predicted molar refractivity (Wildman–Crippen MR) is 83.1 cm³/mol. The van der Waals surface area contributed by atoms with Crippen LogP contribution in [0.25, 0.3) is 11.3 Å². The standard InChI is InChI=1S/C17H21N3O/c1-5-21-15-8-6-13(7-9-15)16-14(10-11-18)12-20(19-16)17(2,3)4/h6-9,12H,5,10H2,1-4H3. The van der Waals surface area contributed by atoms with Gasteiger partial charge in [0.15, 0.2) is 0 Å². The van der Waals surface area contributed by atoms with Crippen molar-refractivity contribution in [1.82, 2.24) is 9.78 Å². The Morgan fingerprint density at radius 3 is 2.43 bits per heavy atom. The second-order valence-electron chi connectivity index (χ2n) is 5.91. The van der Waals surface area contributed by atoms with Crippen molar-refractivity contribution in [3.63, 3.8) is 0 Å². The van der Waals surface area contributed by atoms with E-state index in [9.17, 15) is 0 Å². The molecule has 0 amide bonds. The van der Waals surface area contributed by atoms with Crippen LogP contribution in [0.1, 0.15) is 33.3 Å². The Kier molecular flexibility index (Phi) is 4.32. The summed E-state index contributed by atoms with van der Waals surface area (Å²) in [6, 6.07) is 10.1. The van der Waals surface area contributed by atoms with Gasteiger partial charge in [-0.2, -0.15) is 10.4 Å². The molecule has 0 aliphatic heterocycles. The van der Waals surface area contributed by atoms with E-state index in [-0.39, 0.29) is 5.54 Å². The molecule has 21 heavy (non-hydrogen) atoms. The van der Waals surface area contributed by atoms with E-state index < -0.39 is 0 Å². The Morgan fingerprint density at radius 1 is 1.24 bits per heavy atom. The van der Waals surface area contributed by atoms with Crippen LogP contribution in [0, 0.1) is 11.3 Å². The summed E-state index contributed by atoms with van der Waals surface area (Å²) in [5.41, 5.74) is 2.73. The molecule has 0 unspecified atom stereocenters. The summed E-state index contributed by atoms with van der Waals surface area (Å²) >= 11 is 0. The van der Waals surface area contributed by atoms with Crippen LogP contribution in [-0.2, 0) is 12.0 Å². The summed E-state index contributed by atoms with van der Waals surface area (Å²) in [6.07, 6.45) is 2.33. The topological polar surface area (TPSA) is 50.8 Å². The summed E-state index contributed by atoms with van der Waals surface area (Å²) in [7, 11) is 0. The molecule has 1 aromatic heterocycles. The molecule has 0 fully saturated rings. The highest BCUT2D eigenvalue weighted by molar-refractivity contribution is 5.64. The normalized spacial score (nSPS) is 11.2. The van der Waals surface area contributed by atoms with E-state index >= 15 is 0 Å². The molecule has 1 aromatic carbocycles. The van der Waals surface area contributed by atoms with Gasteiger partial charge in [0.1, 0.15) is 5.75 Å². The molecule has 0 saturated carbocycles. The van der Waals surface area contributed by atoms with Gasteiger partial charge in [-0.3, -0.25) is 4.68 Å². The zero-order valence-corrected chi connectivity index (χ0v) is 13.1. The van der Waals surface area contributed by atoms with Crippen LogP contribution < -0.4 is 4.74 Å². The second-order valence-corrected chi connectivity index (χ2v) is 5.91. The van der Waals surface area contributed by atoms with Gasteiger partial charge in [0.2, 0.25) is 0 Å². The van der Waals surface area contributed by atoms with Crippen LogP contribution in [-0.4, -0.2) is 16.4 Å². The van der Waals surface area contributed by atoms with Gasteiger partial charge < -0.3 is 4.74 Å². The fraction of sp³-hybridized carbons (Fsp3) is 0.412. The van der Waals surface area contributed by atoms with E-state index in [0.29, 0.717) is 13.0 Å². The number of ether oxygens (including phenoxy) is 1. The van der Waals surface area contributed by atoms with Crippen molar-refractivity contribution in [2.24, 2.45) is 0 Å². The summed E-state index contributed by atoms with van der Waals surface area (Å²) in [4.78, 5) is 0. The lowest BCUT2D eigenvalue weighted by Gasteiger charge is -2.18. The summed E-state index contributed by atoms with van der Waals surface area (Å²) < 4.78 is 7.38. The minimum absolute atomic E-state index is 0.103. The predicted octanol–water partition coefficient (Wildman–Crippen LogP) is 3.77. The third kappa shape index (κ3) is 3.43. The lowest BCUT2D eigenvalue weighted by molar-refractivity contribution is 0.340. The first-order chi connectivity index (χ1) is 9.95. The molecule has 0 N–H and O–H groups in total. The third-order valence-electron chi connectivity index (χ3n) is 3.19. The first-order valence-corrected chi connectivity index (χ1v) is 7.15. The van der Waals surface area contributed by atoms with Crippen molar-refractivity contribution < 1.29 is 4.74 Å². The molecule has 4 nitrogen and oxygen atoms in total. The second kappa shape index (κ2) is 6.01. The molecular weight excluding hydrogens is 262 g/mol. The Bertz CT molecular complexity index is 642. The molecule has 1 heterocycles. The average molecular weight is 283 g/mol. The molecule has 2 aromatic rings. The van der Waals surface area contributed by atoms with Crippen molar-refractivity contribution in [1.29, 1.82) is 5.26 Å². The van der Waals surface area contributed by atoms with Crippen molar-refractivity contribution in [2.75, 3.05) is 6.61 Å². The monoisotopic (exact) mass is 283 g/mol. The molecule has 0 aliphatic carbocycles. The van der Waals surface area contributed by atoms with Crippen LogP contribution in [0.4, 0.5) is 0 Å². The van der Waals surface area contributed by atoms with E-state index in [4.69, 9.17) is 10.00 Å². The Labute approximate surface area is 126 Å². The van der Waals surface area contributed by atoms with Gasteiger partial charge in [-0.1, -0.05) is 0 Å². The van der Waals surface area contributed by atoms with Crippen molar-refractivity contribution in [3.8, 4) is 23.1 Å². The van der Waals surface area contributed by atoms with Crippen LogP contribution in [0.2, 0.25) is 0 Å². The lowest BCUT2D eigenvalue weighted by Crippen LogP contribution is -2.22. The van der Waals surface area contributed by atoms with E-state index in [1.54, 1.807) is 0 Å². The molecule has 4 heteroatoms. The van der Waals surface area contributed by atoms with Gasteiger partial charge in [-0.05, 0) is 52.0 Å². The van der Waals surface area contributed by atoms with Gasteiger partial charge in [0, 0.05) is 17.3 Å². The van der Waals surface area contributed by atoms with E-state index in [2.05, 4.69) is 31.9 Å². The van der Waals surface area contributed by atoms with Crippen LogP contribution in [0.3, 0.4) is 0 Å². The highest BCUT2D eigenvalue weighted by atomic mass is 16.5. The number of benzene rings is 1. The first-order valence-electron chi connectivity index (χ1n) is 7.15. The molecule has 0 bridgehead atoms. The van der Waals surface area contributed by atoms with Gasteiger partial charge >= 0.3 is 0 Å². The van der Waals surface area contributed by atoms with Crippen LogP contribution in [0.5, 0.6) is 5.75 Å². The molecule has 110 valence electrons. The number of hydrogen-bond acceptors (Lipinski definition) is 3. The zero-order chi connectivity index (χ0) is 15.5. The number of rotatable bonds is 4. The van der Waals surface area contributed by atoms with Gasteiger partial charge in [-0.15, -0.1) is 0 Å². The number of hydrogen-bond donors (Lipinski definition) is 0. The third-order valence-corrected chi connectivity index (χ3v) is 3.19. The van der Waals surface area contributed by atoms with Crippen molar-refractivity contribution >= 4 is 0 Å². The highest BCUT2D eigenvalue weighted by Crippen LogP contribution is 2.27. The Morgan fingerprint density at radius 2 is 1.90 bits per heavy atom. The fourth-order valence-electron chi connectivity index (χ4n) is 2.09. The lowest BCUT2D eigenvalue weighted by atomic mass is 10.1. The largest absolute Gasteiger partial charge is 0.494 e. The van der Waals surface area contributed by atoms with Crippen molar-refractivity contribution in [2.45, 2.75) is 39.7 Å². The zero-order valence-electron chi connectivity index (χ0n) is 13.1. The number of nitriles is 1. The maximum atomic E-state index is 9.01. The summed E-state index contributed by atoms with van der Waals surface area (Å²) in [5.74, 6) is 0.846. The summed E-state index contributed by atoms with van der Waals surface area (Å²) in [5, 5.41) is 13.7. The first kappa shape index (κ1) is 15.1. The van der Waals surface area contributed by atoms with Gasteiger partial charge in [0.05, 0.1) is 30.3 Å². The average Bonchev–Trinajstić information content (AvgIpc) is 2.85. The molecule has 0 radical (unpaired) electrons. The van der Waals surface area contributed by atoms with E-state index in [0.717, 1.165) is 22.6 Å². The van der Waals surface area contributed by atoms with Crippen LogP contribution >= 0.6 is 0 Å². The Hall–Kier alpha value is -2.28. The summed E-state index contributed by atoms with van der Waals surface area (Å²) in [6.45, 7) is 8.90. The SMILES string of the molecule is CCOc1ccc(-c2nn(C(C)(C)C)cc2CC#N)cc1. The van der Waals surface area contributed by atoms with Crippen molar-refractivity contribution in [3.05, 3.63) is 36.0 Å². The minimum atomic E-state index is -0.103. The fourth-order valence-corrected chi connectivity index (χ4v) is 2.09. The van der Waals surface area contributed by atoms with Gasteiger partial charge in [0.25, 0.3) is 0 Å². The molecule has 0 saturated heterocycles. The Balaban J connectivity index is 2.42. The molecule has 0 atom stereocenters. The molecule has 0 spiro atoms.